The van der Waals surface area contributed by atoms with Gasteiger partial charge in [0.25, 0.3) is 0 Å². The van der Waals surface area contributed by atoms with Crippen molar-refractivity contribution in [3.63, 3.8) is 0 Å². The maximum Gasteiger partial charge on any atom is 0.123 e. The fourth-order valence-electron chi connectivity index (χ4n) is 1.05. The summed E-state index contributed by atoms with van der Waals surface area (Å²) in [5.74, 6) is -0.393. The fourth-order valence-corrected chi connectivity index (χ4v) is 1.56. The van der Waals surface area contributed by atoms with Gasteiger partial charge < -0.3 is 10.2 Å². The molecule has 0 aliphatic rings. The van der Waals surface area contributed by atoms with Gasteiger partial charge >= 0.3 is 0 Å². The number of rotatable bonds is 3. The lowest BCUT2D eigenvalue weighted by Gasteiger charge is -2.11. The minimum absolute atomic E-state index is 0.121. The summed E-state index contributed by atoms with van der Waals surface area (Å²) in [7, 11) is 0. The molecule has 13 heavy (non-hydrogen) atoms. The summed E-state index contributed by atoms with van der Waals surface area (Å²) >= 11 is 3.19. The monoisotopic (exact) mass is 248 g/mol. The van der Waals surface area contributed by atoms with E-state index in [1.54, 1.807) is 0 Å². The Morgan fingerprint density at radius 2 is 2.15 bits per heavy atom. The van der Waals surface area contributed by atoms with E-state index in [1.165, 1.54) is 18.2 Å². The zero-order valence-corrected chi connectivity index (χ0v) is 8.46. The predicted octanol–water partition coefficient (Wildman–Crippen LogP) is 2.00. The minimum atomic E-state index is -0.824. The Kier molecular flexibility index (Phi) is 3.84. The van der Waals surface area contributed by atoms with Crippen LogP contribution < -0.4 is 0 Å². The molecular formula is C9H10BrFO2. The molecule has 0 bridgehead atoms. The molecule has 0 saturated carbocycles. The van der Waals surface area contributed by atoms with Crippen molar-refractivity contribution in [2.24, 2.45) is 0 Å². The van der Waals surface area contributed by atoms with Gasteiger partial charge in [-0.05, 0) is 23.8 Å². The van der Waals surface area contributed by atoms with Crippen LogP contribution in [0.15, 0.2) is 22.7 Å². The lowest BCUT2D eigenvalue weighted by molar-refractivity contribution is 0.133. The molecule has 2 N–H and O–H groups in total. The first-order chi connectivity index (χ1) is 6.15. The Bertz CT molecular complexity index is 291. The molecule has 0 radical (unpaired) electrons. The van der Waals surface area contributed by atoms with E-state index in [0.717, 1.165) is 0 Å². The molecular weight excluding hydrogens is 239 g/mol. The van der Waals surface area contributed by atoms with E-state index < -0.39 is 11.9 Å². The quantitative estimate of drug-likeness (QED) is 0.860. The van der Waals surface area contributed by atoms with Crippen molar-refractivity contribution in [1.29, 1.82) is 0 Å². The van der Waals surface area contributed by atoms with E-state index in [-0.39, 0.29) is 13.0 Å². The second-order valence-electron chi connectivity index (χ2n) is 2.69. The van der Waals surface area contributed by atoms with Crippen LogP contribution in [-0.4, -0.2) is 16.8 Å². The Morgan fingerprint density at radius 1 is 1.46 bits per heavy atom. The zero-order chi connectivity index (χ0) is 9.84. The number of benzene rings is 1. The molecule has 0 aromatic heterocycles. The fraction of sp³-hybridized carbons (Fsp3) is 0.333. The van der Waals surface area contributed by atoms with Gasteiger partial charge in [-0.3, -0.25) is 0 Å². The van der Waals surface area contributed by atoms with Crippen molar-refractivity contribution in [2.45, 2.75) is 12.5 Å². The smallest absolute Gasteiger partial charge is 0.123 e. The van der Waals surface area contributed by atoms with E-state index >= 15 is 0 Å². The van der Waals surface area contributed by atoms with Gasteiger partial charge in [0.15, 0.2) is 0 Å². The van der Waals surface area contributed by atoms with Crippen molar-refractivity contribution in [2.75, 3.05) is 6.61 Å². The molecule has 0 saturated heterocycles. The van der Waals surface area contributed by atoms with Gasteiger partial charge in [0.2, 0.25) is 0 Å². The van der Waals surface area contributed by atoms with Crippen LogP contribution in [0.4, 0.5) is 4.39 Å². The standard InChI is InChI=1S/C9H10BrFO2/c10-8-2-1-6(11)5-7(8)9(13)3-4-12/h1-2,5,9,12-13H,3-4H2/t9-/m0/s1. The highest BCUT2D eigenvalue weighted by Gasteiger charge is 2.11. The summed E-state index contributed by atoms with van der Waals surface area (Å²) in [5.41, 5.74) is 0.467. The van der Waals surface area contributed by atoms with Gasteiger partial charge in [0.1, 0.15) is 5.82 Å². The Hall–Kier alpha value is -0.450. The van der Waals surface area contributed by atoms with Gasteiger partial charge in [-0.1, -0.05) is 15.9 Å². The molecule has 0 spiro atoms. The van der Waals surface area contributed by atoms with Gasteiger partial charge in [0, 0.05) is 17.5 Å². The van der Waals surface area contributed by atoms with Gasteiger partial charge in [-0.2, -0.15) is 0 Å². The largest absolute Gasteiger partial charge is 0.396 e. The summed E-state index contributed by atoms with van der Waals surface area (Å²) in [6.45, 7) is -0.121. The van der Waals surface area contributed by atoms with E-state index in [1.807, 2.05) is 0 Å². The maximum atomic E-state index is 12.8. The molecule has 0 amide bonds. The molecule has 0 heterocycles. The van der Waals surface area contributed by atoms with Gasteiger partial charge in [-0.25, -0.2) is 4.39 Å². The van der Waals surface area contributed by atoms with Crippen molar-refractivity contribution < 1.29 is 14.6 Å². The van der Waals surface area contributed by atoms with E-state index in [9.17, 15) is 9.50 Å². The number of aliphatic hydroxyl groups is 2. The highest BCUT2D eigenvalue weighted by Crippen LogP contribution is 2.25. The van der Waals surface area contributed by atoms with Crippen LogP contribution in [0.2, 0.25) is 0 Å². The third-order valence-corrected chi connectivity index (χ3v) is 2.44. The summed E-state index contributed by atoms with van der Waals surface area (Å²) in [6, 6.07) is 4.09. The highest BCUT2D eigenvalue weighted by molar-refractivity contribution is 9.10. The molecule has 1 aromatic rings. The van der Waals surface area contributed by atoms with Crippen LogP contribution in [0, 0.1) is 5.82 Å². The third-order valence-electron chi connectivity index (χ3n) is 1.72. The molecule has 2 nitrogen and oxygen atoms in total. The average Bonchev–Trinajstić information content (AvgIpc) is 2.09. The second-order valence-corrected chi connectivity index (χ2v) is 3.55. The normalized spacial score (nSPS) is 12.9. The molecule has 0 aliphatic heterocycles. The van der Waals surface area contributed by atoms with E-state index in [4.69, 9.17) is 5.11 Å². The van der Waals surface area contributed by atoms with Crippen LogP contribution in [0.5, 0.6) is 0 Å². The Morgan fingerprint density at radius 3 is 2.77 bits per heavy atom. The second kappa shape index (κ2) is 4.69. The molecule has 1 rings (SSSR count). The first-order valence-corrected chi connectivity index (χ1v) is 4.68. The molecule has 0 aliphatic carbocycles. The molecule has 4 heteroatoms. The third kappa shape index (κ3) is 2.76. The highest BCUT2D eigenvalue weighted by atomic mass is 79.9. The average molecular weight is 249 g/mol. The van der Waals surface area contributed by atoms with Crippen LogP contribution in [0.25, 0.3) is 0 Å². The van der Waals surface area contributed by atoms with Crippen LogP contribution in [0.3, 0.4) is 0 Å². The van der Waals surface area contributed by atoms with E-state index in [0.29, 0.717) is 10.0 Å². The summed E-state index contributed by atoms with van der Waals surface area (Å²) in [6.07, 6.45) is -0.614. The molecule has 72 valence electrons. The molecule has 0 fully saturated rings. The minimum Gasteiger partial charge on any atom is -0.396 e. The zero-order valence-electron chi connectivity index (χ0n) is 6.87. The van der Waals surface area contributed by atoms with Crippen LogP contribution in [0.1, 0.15) is 18.1 Å². The molecule has 0 unspecified atom stereocenters. The predicted molar refractivity (Wildman–Crippen MR) is 50.8 cm³/mol. The van der Waals surface area contributed by atoms with Crippen molar-refractivity contribution in [3.05, 3.63) is 34.1 Å². The number of halogens is 2. The van der Waals surface area contributed by atoms with Gasteiger partial charge in [-0.15, -0.1) is 0 Å². The lowest BCUT2D eigenvalue weighted by atomic mass is 10.1. The molecule has 1 atom stereocenters. The number of hydrogen-bond acceptors (Lipinski definition) is 2. The van der Waals surface area contributed by atoms with Crippen LogP contribution in [-0.2, 0) is 0 Å². The van der Waals surface area contributed by atoms with Gasteiger partial charge in [0.05, 0.1) is 6.10 Å². The summed E-state index contributed by atoms with van der Waals surface area (Å²) in [5, 5.41) is 18.1. The topological polar surface area (TPSA) is 40.5 Å². The van der Waals surface area contributed by atoms with Crippen molar-refractivity contribution in [1.82, 2.24) is 0 Å². The summed E-state index contributed by atoms with van der Waals surface area (Å²) < 4.78 is 13.4. The Labute approximate surface area is 84.1 Å². The van der Waals surface area contributed by atoms with Crippen molar-refractivity contribution in [3.8, 4) is 0 Å². The lowest BCUT2D eigenvalue weighted by Crippen LogP contribution is -2.01. The SMILES string of the molecule is OCC[C@H](O)c1cc(F)ccc1Br. The number of hydrogen-bond donors (Lipinski definition) is 2. The Balaban J connectivity index is 2.91. The summed E-state index contributed by atoms with van der Waals surface area (Å²) in [4.78, 5) is 0. The van der Waals surface area contributed by atoms with E-state index in [2.05, 4.69) is 15.9 Å². The van der Waals surface area contributed by atoms with Crippen LogP contribution >= 0.6 is 15.9 Å². The number of aliphatic hydroxyl groups excluding tert-OH is 2. The molecule has 1 aromatic carbocycles. The maximum absolute atomic E-state index is 12.8. The first-order valence-electron chi connectivity index (χ1n) is 3.89. The van der Waals surface area contributed by atoms with Crippen molar-refractivity contribution >= 4 is 15.9 Å². The first kappa shape index (κ1) is 10.6.